The zero-order chi connectivity index (χ0) is 14.8. The average molecular weight is 308 g/mol. The summed E-state index contributed by atoms with van der Waals surface area (Å²) >= 11 is 1.51. The molecule has 0 bridgehead atoms. The van der Waals surface area contributed by atoms with Gasteiger partial charge in [-0.2, -0.15) is 0 Å². The van der Waals surface area contributed by atoms with Crippen LogP contribution in [0.3, 0.4) is 0 Å². The largest absolute Gasteiger partial charge is 0.478 e. The molecular weight excluding hydrogens is 292 g/mol. The molecule has 1 unspecified atom stereocenters. The van der Waals surface area contributed by atoms with Crippen molar-refractivity contribution in [1.29, 1.82) is 0 Å². The van der Waals surface area contributed by atoms with Gasteiger partial charge in [-0.05, 0) is 6.54 Å². The highest BCUT2D eigenvalue weighted by atomic mass is 32.1. The van der Waals surface area contributed by atoms with Crippen LogP contribution in [0, 0.1) is 0 Å². The molecule has 0 saturated carbocycles. The Bertz CT molecular complexity index is 636. The molecule has 0 aromatic carbocycles. The van der Waals surface area contributed by atoms with Gasteiger partial charge < -0.3 is 14.3 Å². The normalized spacial score (nSPS) is 19.8. The van der Waals surface area contributed by atoms with E-state index >= 15 is 0 Å². The van der Waals surface area contributed by atoms with Crippen LogP contribution in [0.1, 0.15) is 28.4 Å². The van der Waals surface area contributed by atoms with Crippen molar-refractivity contribution in [2.45, 2.75) is 13.0 Å². The van der Waals surface area contributed by atoms with Crippen molar-refractivity contribution in [1.82, 2.24) is 9.88 Å². The number of carboxylic acids is 1. The maximum atomic E-state index is 10.9. The highest BCUT2D eigenvalue weighted by molar-refractivity contribution is 7.10. The summed E-state index contributed by atoms with van der Waals surface area (Å²) in [5, 5.41) is 11.7. The van der Waals surface area contributed by atoms with Crippen LogP contribution in [0.4, 0.5) is 0 Å². The molecule has 0 amide bonds. The Morgan fingerprint density at radius 1 is 1.62 bits per heavy atom. The van der Waals surface area contributed by atoms with E-state index in [1.54, 1.807) is 0 Å². The smallest absolute Gasteiger partial charge is 0.338 e. The van der Waals surface area contributed by atoms with Crippen LogP contribution in [0.5, 0.6) is 0 Å². The number of aromatic nitrogens is 1. The summed E-state index contributed by atoms with van der Waals surface area (Å²) in [6.07, 6.45) is 1.21. The Morgan fingerprint density at radius 2 is 2.48 bits per heavy atom. The van der Waals surface area contributed by atoms with Crippen molar-refractivity contribution >= 4 is 17.3 Å². The number of likely N-dealkylation sites (N-methyl/N-ethyl adjacent to an activating group) is 1. The summed E-state index contributed by atoms with van der Waals surface area (Å²) in [6, 6.07) is 1.49. The topological polar surface area (TPSA) is 75.8 Å². The van der Waals surface area contributed by atoms with E-state index in [9.17, 15) is 4.79 Å². The first-order chi connectivity index (χ1) is 10.2. The van der Waals surface area contributed by atoms with Crippen LogP contribution in [0.2, 0.25) is 0 Å². The van der Waals surface area contributed by atoms with Gasteiger partial charge in [-0.1, -0.05) is 6.92 Å². The van der Waals surface area contributed by atoms with Crippen LogP contribution >= 0.6 is 11.3 Å². The maximum absolute atomic E-state index is 10.9. The number of carbonyl (C=O) groups is 1. The van der Waals surface area contributed by atoms with Crippen LogP contribution in [0.15, 0.2) is 22.1 Å². The lowest BCUT2D eigenvalue weighted by Crippen LogP contribution is -2.37. The molecule has 112 valence electrons. The van der Waals surface area contributed by atoms with Gasteiger partial charge in [0, 0.05) is 24.5 Å². The number of ether oxygens (including phenoxy) is 1. The maximum Gasteiger partial charge on any atom is 0.338 e. The second kappa shape index (κ2) is 5.97. The standard InChI is InChI=1S/C14H16N2O4S/c1-2-16-3-4-19-12(6-16)13-15-10(8-21-13)11-5-9(7-20-11)14(17)18/h5,7-8,12H,2-4,6H2,1H3,(H,17,18). The molecule has 1 N–H and O–H groups in total. The van der Waals surface area contributed by atoms with Crippen molar-refractivity contribution in [3.63, 3.8) is 0 Å². The van der Waals surface area contributed by atoms with E-state index in [1.165, 1.54) is 23.7 Å². The summed E-state index contributed by atoms with van der Waals surface area (Å²) in [6.45, 7) is 5.62. The van der Waals surface area contributed by atoms with E-state index in [1.807, 2.05) is 5.38 Å². The highest BCUT2D eigenvalue weighted by Crippen LogP contribution is 2.30. The molecule has 1 atom stereocenters. The van der Waals surface area contributed by atoms with E-state index < -0.39 is 5.97 Å². The molecule has 21 heavy (non-hydrogen) atoms. The van der Waals surface area contributed by atoms with Crippen LogP contribution < -0.4 is 0 Å². The molecule has 6 nitrogen and oxygen atoms in total. The number of nitrogens with zero attached hydrogens (tertiary/aromatic N) is 2. The quantitative estimate of drug-likeness (QED) is 0.935. The van der Waals surface area contributed by atoms with E-state index in [0.29, 0.717) is 18.1 Å². The summed E-state index contributed by atoms with van der Waals surface area (Å²) in [5.74, 6) is -0.535. The third-order valence-corrected chi connectivity index (χ3v) is 4.43. The molecule has 1 aliphatic heterocycles. The zero-order valence-corrected chi connectivity index (χ0v) is 12.4. The fraction of sp³-hybridized carbons (Fsp3) is 0.429. The first-order valence-electron chi connectivity index (χ1n) is 6.79. The van der Waals surface area contributed by atoms with Gasteiger partial charge in [-0.3, -0.25) is 4.90 Å². The predicted octanol–water partition coefficient (Wildman–Crippen LogP) is 2.49. The van der Waals surface area contributed by atoms with E-state index in [0.717, 1.165) is 24.6 Å². The lowest BCUT2D eigenvalue weighted by atomic mass is 10.2. The predicted molar refractivity (Wildman–Crippen MR) is 77.6 cm³/mol. The summed E-state index contributed by atoms with van der Waals surface area (Å²) in [4.78, 5) is 17.7. The monoisotopic (exact) mass is 308 g/mol. The molecule has 0 spiro atoms. The Morgan fingerprint density at radius 3 is 3.19 bits per heavy atom. The van der Waals surface area contributed by atoms with Crippen LogP contribution in [-0.4, -0.2) is 47.2 Å². The van der Waals surface area contributed by atoms with Crippen molar-refractivity contribution in [2.24, 2.45) is 0 Å². The number of carboxylic acid groups (broad SMARTS) is 1. The first kappa shape index (κ1) is 14.2. The Kier molecular flexibility index (Phi) is 4.05. The lowest BCUT2D eigenvalue weighted by Gasteiger charge is -2.30. The number of rotatable bonds is 4. The Balaban J connectivity index is 1.77. The first-order valence-corrected chi connectivity index (χ1v) is 7.67. The van der Waals surface area contributed by atoms with Gasteiger partial charge in [-0.25, -0.2) is 9.78 Å². The number of thiazole rings is 1. The minimum absolute atomic E-state index is 0.0219. The molecule has 1 aliphatic rings. The lowest BCUT2D eigenvalue weighted by molar-refractivity contribution is -0.0282. The number of furan rings is 1. The van der Waals surface area contributed by atoms with Crippen molar-refractivity contribution in [2.75, 3.05) is 26.2 Å². The van der Waals surface area contributed by atoms with E-state index in [-0.39, 0.29) is 11.7 Å². The van der Waals surface area contributed by atoms with Gasteiger partial charge in [0.1, 0.15) is 23.1 Å². The zero-order valence-electron chi connectivity index (χ0n) is 11.6. The number of morpholine rings is 1. The minimum Gasteiger partial charge on any atom is -0.478 e. The van der Waals surface area contributed by atoms with Gasteiger partial charge in [0.25, 0.3) is 0 Å². The van der Waals surface area contributed by atoms with E-state index in [4.69, 9.17) is 14.3 Å². The number of hydrogen-bond acceptors (Lipinski definition) is 6. The third-order valence-electron chi connectivity index (χ3n) is 3.49. The average Bonchev–Trinajstić information content (AvgIpc) is 3.16. The molecule has 3 rings (SSSR count). The molecule has 1 fully saturated rings. The van der Waals surface area contributed by atoms with Crippen molar-refractivity contribution in [3.05, 3.63) is 28.3 Å². The number of aromatic carboxylic acids is 1. The molecule has 7 heteroatoms. The molecular formula is C14H16N2O4S. The fourth-order valence-electron chi connectivity index (χ4n) is 2.27. The SMILES string of the molecule is CCN1CCOC(c2nc(-c3cc(C(=O)O)co3)cs2)C1. The van der Waals surface area contributed by atoms with Gasteiger partial charge >= 0.3 is 5.97 Å². The molecule has 0 radical (unpaired) electrons. The number of hydrogen-bond donors (Lipinski definition) is 1. The molecule has 3 heterocycles. The Hall–Kier alpha value is -1.70. The van der Waals surface area contributed by atoms with Crippen molar-refractivity contribution < 1.29 is 19.1 Å². The second-order valence-corrected chi connectivity index (χ2v) is 5.72. The van der Waals surface area contributed by atoms with Gasteiger partial charge in [0.05, 0.1) is 12.2 Å². The summed E-state index contributed by atoms with van der Waals surface area (Å²) in [7, 11) is 0. The van der Waals surface area contributed by atoms with Gasteiger partial charge in [-0.15, -0.1) is 11.3 Å². The minimum atomic E-state index is -1.00. The fourth-order valence-corrected chi connectivity index (χ4v) is 3.12. The molecule has 1 saturated heterocycles. The summed E-state index contributed by atoms with van der Waals surface area (Å²) in [5.41, 5.74) is 0.783. The third kappa shape index (κ3) is 2.99. The van der Waals surface area contributed by atoms with Crippen LogP contribution in [0.25, 0.3) is 11.5 Å². The van der Waals surface area contributed by atoms with Crippen molar-refractivity contribution in [3.8, 4) is 11.5 Å². The molecule has 2 aromatic rings. The van der Waals surface area contributed by atoms with Crippen LogP contribution in [-0.2, 0) is 4.74 Å². The highest BCUT2D eigenvalue weighted by Gasteiger charge is 2.24. The summed E-state index contributed by atoms with van der Waals surface area (Å²) < 4.78 is 11.0. The Labute approximate surface area is 126 Å². The van der Waals surface area contributed by atoms with E-state index in [2.05, 4.69) is 16.8 Å². The van der Waals surface area contributed by atoms with Gasteiger partial charge in [0.2, 0.25) is 0 Å². The second-order valence-electron chi connectivity index (χ2n) is 4.83. The molecule has 2 aromatic heterocycles. The van der Waals surface area contributed by atoms with Gasteiger partial charge in [0.15, 0.2) is 5.76 Å². The molecule has 0 aliphatic carbocycles.